The van der Waals surface area contributed by atoms with Gasteiger partial charge in [0.15, 0.2) is 5.78 Å². The molecule has 18 heavy (non-hydrogen) atoms. The van der Waals surface area contributed by atoms with E-state index in [0.29, 0.717) is 5.56 Å². The molecule has 0 saturated heterocycles. The molecule has 0 fully saturated rings. The monoisotopic (exact) mass is 248 g/mol. The quantitative estimate of drug-likeness (QED) is 0.863. The van der Waals surface area contributed by atoms with Gasteiger partial charge in [0.2, 0.25) is 0 Å². The highest BCUT2D eigenvalue weighted by molar-refractivity contribution is 5.97. The molecule has 0 aromatic heterocycles. The molecule has 0 aliphatic heterocycles. The summed E-state index contributed by atoms with van der Waals surface area (Å²) in [6, 6.07) is 7.29. The summed E-state index contributed by atoms with van der Waals surface area (Å²) in [6.45, 7) is 3.73. The molecule has 0 radical (unpaired) electrons. The fraction of sp³-hybridized carbons (Fsp3) is 0.429. The van der Waals surface area contributed by atoms with E-state index < -0.39 is 0 Å². The summed E-state index contributed by atoms with van der Waals surface area (Å²) in [5.74, 6) is -0.238. The number of carbonyl (C=O) groups excluding carboxylic acids is 2. The van der Waals surface area contributed by atoms with E-state index in [1.54, 1.807) is 12.1 Å². The van der Waals surface area contributed by atoms with Crippen molar-refractivity contribution in [1.29, 1.82) is 0 Å². The van der Waals surface area contributed by atoms with Crippen LogP contribution in [0.5, 0.6) is 0 Å². The zero-order chi connectivity index (χ0) is 13.7. The smallest absolute Gasteiger partial charge is 0.251 e. The number of nitrogens with zero attached hydrogens (tertiary/aromatic N) is 1. The van der Waals surface area contributed by atoms with Crippen LogP contribution in [0.15, 0.2) is 24.3 Å². The number of ketones is 1. The lowest BCUT2D eigenvalue weighted by Crippen LogP contribution is -2.31. The normalized spacial score (nSPS) is 10.3. The van der Waals surface area contributed by atoms with Crippen LogP contribution in [0.25, 0.3) is 0 Å². The van der Waals surface area contributed by atoms with Gasteiger partial charge in [-0.2, -0.15) is 0 Å². The predicted octanol–water partition coefficient (Wildman–Crippen LogP) is 1.71. The molecule has 98 valence electrons. The van der Waals surface area contributed by atoms with Crippen LogP contribution < -0.4 is 10.2 Å². The number of benzene rings is 1. The highest BCUT2D eigenvalue weighted by atomic mass is 16.2. The predicted molar refractivity (Wildman–Crippen MR) is 72.9 cm³/mol. The highest BCUT2D eigenvalue weighted by Crippen LogP contribution is 2.13. The number of rotatable bonds is 5. The van der Waals surface area contributed by atoms with E-state index in [1.165, 1.54) is 0 Å². The molecule has 1 aromatic carbocycles. The molecular formula is C14H20N2O2. The Morgan fingerprint density at radius 1 is 1.28 bits per heavy atom. The van der Waals surface area contributed by atoms with Crippen molar-refractivity contribution in [2.45, 2.75) is 13.8 Å². The Balaban J connectivity index is 2.67. The van der Waals surface area contributed by atoms with Gasteiger partial charge in [0.05, 0.1) is 6.54 Å². The summed E-state index contributed by atoms with van der Waals surface area (Å²) < 4.78 is 0. The Bertz CT molecular complexity index is 439. The van der Waals surface area contributed by atoms with Crippen molar-refractivity contribution in [2.24, 2.45) is 5.92 Å². The summed E-state index contributed by atoms with van der Waals surface area (Å²) in [7, 11) is 3.83. The van der Waals surface area contributed by atoms with E-state index in [9.17, 15) is 9.59 Å². The van der Waals surface area contributed by atoms with Gasteiger partial charge in [-0.25, -0.2) is 0 Å². The highest BCUT2D eigenvalue weighted by Gasteiger charge is 2.11. The van der Waals surface area contributed by atoms with Crippen LogP contribution in [0.2, 0.25) is 0 Å². The Hall–Kier alpha value is -1.84. The Morgan fingerprint density at radius 3 is 2.50 bits per heavy atom. The zero-order valence-electron chi connectivity index (χ0n) is 11.4. The van der Waals surface area contributed by atoms with Gasteiger partial charge in [-0.15, -0.1) is 0 Å². The lowest BCUT2D eigenvalue weighted by molar-refractivity contribution is -0.120. The maximum Gasteiger partial charge on any atom is 0.251 e. The Kier molecular flexibility index (Phi) is 4.89. The molecule has 0 saturated carbocycles. The van der Waals surface area contributed by atoms with E-state index in [2.05, 4.69) is 5.32 Å². The molecule has 1 aromatic rings. The van der Waals surface area contributed by atoms with E-state index in [0.717, 1.165) is 5.69 Å². The van der Waals surface area contributed by atoms with Crippen molar-refractivity contribution >= 4 is 17.4 Å². The fourth-order valence-electron chi connectivity index (χ4n) is 1.40. The summed E-state index contributed by atoms with van der Waals surface area (Å²) >= 11 is 0. The van der Waals surface area contributed by atoms with Crippen LogP contribution in [0.1, 0.15) is 24.2 Å². The summed E-state index contributed by atoms with van der Waals surface area (Å²) in [5.41, 5.74) is 1.52. The Morgan fingerprint density at radius 2 is 1.94 bits per heavy atom. The van der Waals surface area contributed by atoms with Crippen LogP contribution >= 0.6 is 0 Å². The minimum Gasteiger partial charge on any atom is -0.378 e. The van der Waals surface area contributed by atoms with Gasteiger partial charge >= 0.3 is 0 Å². The number of carbonyl (C=O) groups is 2. The molecule has 0 unspecified atom stereocenters. The Labute approximate surface area is 108 Å². The molecule has 0 spiro atoms. The second kappa shape index (κ2) is 6.19. The molecular weight excluding hydrogens is 228 g/mol. The zero-order valence-corrected chi connectivity index (χ0v) is 11.4. The first-order valence-corrected chi connectivity index (χ1v) is 6.00. The molecule has 4 heteroatoms. The first-order valence-electron chi connectivity index (χ1n) is 6.00. The summed E-state index contributed by atoms with van der Waals surface area (Å²) in [4.78, 5) is 25.2. The third-order valence-corrected chi connectivity index (χ3v) is 2.69. The standard InChI is InChI=1S/C14H20N2O2/c1-10(2)13(17)9-15-14(18)11-6-5-7-12(8-11)16(3)4/h5-8,10H,9H2,1-4H3,(H,15,18). The molecule has 1 N–H and O–H groups in total. The number of Topliss-reactive ketones (excluding diaryl/α,β-unsaturated/α-hetero) is 1. The van der Waals surface area contributed by atoms with E-state index in [4.69, 9.17) is 0 Å². The summed E-state index contributed by atoms with van der Waals surface area (Å²) in [6.07, 6.45) is 0. The van der Waals surface area contributed by atoms with Gasteiger partial charge in [-0.05, 0) is 18.2 Å². The largest absolute Gasteiger partial charge is 0.378 e. The van der Waals surface area contributed by atoms with Crippen molar-refractivity contribution in [3.05, 3.63) is 29.8 Å². The first-order chi connectivity index (χ1) is 8.41. The van der Waals surface area contributed by atoms with E-state index in [1.807, 2.05) is 45.0 Å². The van der Waals surface area contributed by atoms with Crippen molar-refractivity contribution in [2.75, 3.05) is 25.5 Å². The van der Waals surface area contributed by atoms with Crippen molar-refractivity contribution in [3.63, 3.8) is 0 Å². The minimum atomic E-state index is -0.215. The van der Waals surface area contributed by atoms with Crippen molar-refractivity contribution < 1.29 is 9.59 Å². The van der Waals surface area contributed by atoms with E-state index in [-0.39, 0.29) is 24.2 Å². The van der Waals surface area contributed by atoms with Crippen LogP contribution in [-0.4, -0.2) is 32.3 Å². The molecule has 0 aliphatic carbocycles. The third kappa shape index (κ3) is 3.87. The average Bonchev–Trinajstić information content (AvgIpc) is 2.35. The fourth-order valence-corrected chi connectivity index (χ4v) is 1.40. The molecule has 1 amide bonds. The number of nitrogens with one attached hydrogen (secondary N) is 1. The second-order valence-corrected chi connectivity index (χ2v) is 4.75. The second-order valence-electron chi connectivity index (χ2n) is 4.75. The SMILES string of the molecule is CC(C)C(=O)CNC(=O)c1cccc(N(C)C)c1. The van der Waals surface area contributed by atoms with Gasteiger partial charge in [0.1, 0.15) is 0 Å². The number of hydrogen-bond donors (Lipinski definition) is 1. The molecule has 1 rings (SSSR count). The molecule has 0 heterocycles. The lowest BCUT2D eigenvalue weighted by Gasteiger charge is -2.13. The van der Waals surface area contributed by atoms with Crippen molar-refractivity contribution in [1.82, 2.24) is 5.32 Å². The molecule has 0 bridgehead atoms. The van der Waals surface area contributed by atoms with Gasteiger partial charge in [0, 0.05) is 31.3 Å². The number of anilines is 1. The molecule has 4 nitrogen and oxygen atoms in total. The van der Waals surface area contributed by atoms with Crippen LogP contribution in [-0.2, 0) is 4.79 Å². The maximum atomic E-state index is 11.9. The first kappa shape index (κ1) is 14.2. The van der Waals surface area contributed by atoms with Gasteiger partial charge in [-0.1, -0.05) is 19.9 Å². The lowest BCUT2D eigenvalue weighted by atomic mass is 10.1. The molecule has 0 atom stereocenters. The van der Waals surface area contributed by atoms with Gasteiger partial charge in [-0.3, -0.25) is 9.59 Å². The number of hydrogen-bond acceptors (Lipinski definition) is 3. The van der Waals surface area contributed by atoms with Crippen LogP contribution in [0.3, 0.4) is 0 Å². The minimum absolute atomic E-state index is 0.0344. The maximum absolute atomic E-state index is 11.9. The van der Waals surface area contributed by atoms with E-state index >= 15 is 0 Å². The van der Waals surface area contributed by atoms with Crippen molar-refractivity contribution in [3.8, 4) is 0 Å². The third-order valence-electron chi connectivity index (χ3n) is 2.69. The van der Waals surface area contributed by atoms with Crippen LogP contribution in [0.4, 0.5) is 5.69 Å². The van der Waals surface area contributed by atoms with Crippen LogP contribution in [0, 0.1) is 5.92 Å². The average molecular weight is 248 g/mol. The van der Waals surface area contributed by atoms with Gasteiger partial charge < -0.3 is 10.2 Å². The number of amides is 1. The topological polar surface area (TPSA) is 49.4 Å². The molecule has 0 aliphatic rings. The summed E-state index contributed by atoms with van der Waals surface area (Å²) in [5, 5.41) is 2.64. The van der Waals surface area contributed by atoms with Gasteiger partial charge in [0.25, 0.3) is 5.91 Å².